The van der Waals surface area contributed by atoms with Gasteiger partial charge in [0.15, 0.2) is 9.84 Å². The number of likely N-dealkylation sites (N-methyl/N-ethyl adjacent to an activating group) is 1. The van der Waals surface area contributed by atoms with Gasteiger partial charge in [-0.25, -0.2) is 18.4 Å². The highest BCUT2D eigenvalue weighted by atomic mass is 32.2. The molecule has 1 unspecified atom stereocenters. The second-order valence-corrected chi connectivity index (χ2v) is 8.81. The third-order valence-electron chi connectivity index (χ3n) is 4.26. The lowest BCUT2D eigenvalue weighted by molar-refractivity contribution is -0.122. The summed E-state index contributed by atoms with van der Waals surface area (Å²) in [5.74, 6) is 0.671. The fourth-order valence-electron chi connectivity index (χ4n) is 3.09. The highest BCUT2D eigenvalue weighted by Crippen LogP contribution is 2.15. The summed E-state index contributed by atoms with van der Waals surface area (Å²) in [5, 5.41) is 3.81. The van der Waals surface area contributed by atoms with E-state index >= 15 is 0 Å². The van der Waals surface area contributed by atoms with Gasteiger partial charge in [0.2, 0.25) is 5.91 Å². The van der Waals surface area contributed by atoms with E-state index in [0.717, 1.165) is 16.6 Å². The third kappa shape index (κ3) is 4.52. The molecule has 0 aliphatic carbocycles. The highest BCUT2D eigenvalue weighted by molar-refractivity contribution is 7.91. The Morgan fingerprint density at radius 3 is 2.80 bits per heavy atom. The van der Waals surface area contributed by atoms with Gasteiger partial charge in [0.25, 0.3) is 0 Å². The van der Waals surface area contributed by atoms with Crippen LogP contribution in [0.5, 0.6) is 0 Å². The Kier molecular flexibility index (Phi) is 5.01. The van der Waals surface area contributed by atoms with Crippen LogP contribution in [0.2, 0.25) is 0 Å². The molecule has 1 aliphatic heterocycles. The number of carbonyl (C=O) groups excluding carboxylic acids is 1. The molecular formula is C17H22N4O3S. The van der Waals surface area contributed by atoms with E-state index in [1.54, 1.807) is 0 Å². The van der Waals surface area contributed by atoms with Gasteiger partial charge in [-0.2, -0.15) is 0 Å². The standard InChI is InChI=1S/C17H22N4O3S/c1-12-14-5-3-4-6-15(14)20-16(18-12)9-21(2)10-17(22)19-13-7-8-25(23,24)11-13/h3-6,13H,7-11H2,1-2H3,(H,19,22). The second kappa shape index (κ2) is 7.05. The molecule has 1 N–H and O–H groups in total. The van der Waals surface area contributed by atoms with E-state index in [1.807, 2.05) is 43.1 Å². The molecule has 1 saturated heterocycles. The predicted molar refractivity (Wildman–Crippen MR) is 95.8 cm³/mol. The summed E-state index contributed by atoms with van der Waals surface area (Å²) >= 11 is 0. The van der Waals surface area contributed by atoms with Crippen LogP contribution >= 0.6 is 0 Å². The number of carbonyl (C=O) groups is 1. The summed E-state index contributed by atoms with van der Waals surface area (Å²) in [6.07, 6.45) is 0.491. The molecule has 7 nitrogen and oxygen atoms in total. The van der Waals surface area contributed by atoms with Crippen molar-refractivity contribution in [3.63, 3.8) is 0 Å². The average Bonchev–Trinajstić information content (AvgIpc) is 2.85. The minimum atomic E-state index is -2.99. The summed E-state index contributed by atoms with van der Waals surface area (Å²) in [4.78, 5) is 23.0. The Morgan fingerprint density at radius 2 is 2.08 bits per heavy atom. The molecule has 2 heterocycles. The van der Waals surface area contributed by atoms with Crippen molar-refractivity contribution in [2.24, 2.45) is 0 Å². The fraction of sp³-hybridized carbons (Fsp3) is 0.471. The molecule has 1 amide bonds. The van der Waals surface area contributed by atoms with Gasteiger partial charge in [-0.1, -0.05) is 18.2 Å². The zero-order valence-electron chi connectivity index (χ0n) is 14.4. The van der Waals surface area contributed by atoms with Gasteiger partial charge < -0.3 is 5.32 Å². The van der Waals surface area contributed by atoms with Gasteiger partial charge >= 0.3 is 0 Å². The van der Waals surface area contributed by atoms with Crippen LogP contribution in [0.1, 0.15) is 17.9 Å². The van der Waals surface area contributed by atoms with Gasteiger partial charge in [-0.15, -0.1) is 0 Å². The van der Waals surface area contributed by atoms with E-state index in [1.165, 1.54) is 0 Å². The maximum absolute atomic E-state index is 12.1. The first-order chi connectivity index (χ1) is 11.8. The first-order valence-electron chi connectivity index (χ1n) is 8.23. The Hall–Kier alpha value is -2.06. The molecule has 2 aromatic rings. The van der Waals surface area contributed by atoms with Gasteiger partial charge in [-0.05, 0) is 26.5 Å². The van der Waals surface area contributed by atoms with E-state index in [9.17, 15) is 13.2 Å². The lowest BCUT2D eigenvalue weighted by Gasteiger charge is -2.18. The number of benzene rings is 1. The molecule has 8 heteroatoms. The number of nitrogens with one attached hydrogen (secondary N) is 1. The summed E-state index contributed by atoms with van der Waals surface area (Å²) in [6, 6.07) is 7.55. The number of sulfone groups is 1. The number of aromatic nitrogens is 2. The Bertz CT molecular complexity index is 898. The van der Waals surface area contributed by atoms with Crippen molar-refractivity contribution in [2.45, 2.75) is 25.9 Å². The molecule has 1 fully saturated rings. The Morgan fingerprint density at radius 1 is 1.32 bits per heavy atom. The number of para-hydroxylation sites is 1. The molecule has 0 radical (unpaired) electrons. The van der Waals surface area contributed by atoms with Crippen molar-refractivity contribution in [3.05, 3.63) is 35.8 Å². The maximum Gasteiger partial charge on any atom is 0.234 e. The van der Waals surface area contributed by atoms with E-state index in [4.69, 9.17) is 0 Å². The summed E-state index contributed by atoms with van der Waals surface area (Å²) in [5.41, 5.74) is 1.80. The monoisotopic (exact) mass is 362 g/mol. The topological polar surface area (TPSA) is 92.3 Å². The van der Waals surface area contributed by atoms with E-state index in [2.05, 4.69) is 15.3 Å². The zero-order valence-corrected chi connectivity index (χ0v) is 15.2. The quantitative estimate of drug-likeness (QED) is 0.841. The van der Waals surface area contributed by atoms with Crippen LogP contribution < -0.4 is 5.32 Å². The number of rotatable bonds is 5. The van der Waals surface area contributed by atoms with Gasteiger partial charge in [-0.3, -0.25) is 9.69 Å². The molecule has 25 heavy (non-hydrogen) atoms. The van der Waals surface area contributed by atoms with Crippen LogP contribution in [0, 0.1) is 6.92 Å². The fourth-order valence-corrected chi connectivity index (χ4v) is 4.76. The lowest BCUT2D eigenvalue weighted by atomic mass is 10.2. The molecule has 0 bridgehead atoms. The number of nitrogens with zero attached hydrogens (tertiary/aromatic N) is 3. The zero-order chi connectivity index (χ0) is 18.0. The number of aryl methyl sites for hydroxylation is 1. The normalized spacial score (nSPS) is 19.4. The minimum Gasteiger partial charge on any atom is -0.351 e. The number of hydrogen-bond acceptors (Lipinski definition) is 6. The van der Waals surface area contributed by atoms with E-state index < -0.39 is 9.84 Å². The number of hydrogen-bond donors (Lipinski definition) is 1. The van der Waals surface area contributed by atoms with Crippen molar-refractivity contribution in [1.82, 2.24) is 20.2 Å². The smallest absolute Gasteiger partial charge is 0.234 e. The van der Waals surface area contributed by atoms with Crippen molar-refractivity contribution >= 4 is 26.6 Å². The van der Waals surface area contributed by atoms with Crippen LogP contribution in [0.15, 0.2) is 24.3 Å². The second-order valence-electron chi connectivity index (χ2n) is 6.58. The molecular weight excluding hydrogens is 340 g/mol. The van der Waals surface area contributed by atoms with E-state index in [-0.39, 0.29) is 30.0 Å². The van der Waals surface area contributed by atoms with Crippen molar-refractivity contribution < 1.29 is 13.2 Å². The van der Waals surface area contributed by atoms with Gasteiger partial charge in [0.05, 0.1) is 30.1 Å². The van der Waals surface area contributed by atoms with E-state index in [0.29, 0.717) is 18.8 Å². The largest absolute Gasteiger partial charge is 0.351 e. The molecule has 1 aliphatic rings. The van der Waals surface area contributed by atoms with Crippen LogP contribution in [0.4, 0.5) is 0 Å². The maximum atomic E-state index is 12.1. The molecule has 134 valence electrons. The predicted octanol–water partition coefficient (Wildman–Crippen LogP) is 0.673. The molecule has 0 saturated carbocycles. The minimum absolute atomic E-state index is 0.0371. The van der Waals surface area contributed by atoms with Crippen LogP contribution in [-0.4, -0.2) is 60.3 Å². The molecule has 1 aromatic heterocycles. The molecule has 1 aromatic carbocycles. The average molecular weight is 362 g/mol. The van der Waals surface area contributed by atoms with Crippen LogP contribution in [-0.2, 0) is 21.2 Å². The summed E-state index contributed by atoms with van der Waals surface area (Å²) in [7, 11) is -1.17. The molecule has 3 rings (SSSR count). The number of amides is 1. The molecule has 1 atom stereocenters. The summed E-state index contributed by atoms with van der Waals surface area (Å²) in [6.45, 7) is 2.56. The van der Waals surface area contributed by atoms with Crippen molar-refractivity contribution in [1.29, 1.82) is 0 Å². The highest BCUT2D eigenvalue weighted by Gasteiger charge is 2.29. The van der Waals surface area contributed by atoms with Gasteiger partial charge in [0, 0.05) is 17.1 Å². The SMILES string of the molecule is Cc1nc(CN(C)CC(=O)NC2CCS(=O)(=O)C2)nc2ccccc12. The first kappa shape index (κ1) is 17.8. The summed E-state index contributed by atoms with van der Waals surface area (Å²) < 4.78 is 22.9. The Balaban J connectivity index is 1.59. The Labute approximate surface area is 147 Å². The van der Waals surface area contributed by atoms with Crippen molar-refractivity contribution in [3.8, 4) is 0 Å². The first-order valence-corrected chi connectivity index (χ1v) is 10.0. The molecule has 0 spiro atoms. The lowest BCUT2D eigenvalue weighted by Crippen LogP contribution is -2.41. The van der Waals surface area contributed by atoms with Crippen molar-refractivity contribution in [2.75, 3.05) is 25.1 Å². The number of fused-ring (bicyclic) bond motifs is 1. The third-order valence-corrected chi connectivity index (χ3v) is 6.03. The van der Waals surface area contributed by atoms with Crippen LogP contribution in [0.25, 0.3) is 10.9 Å². The van der Waals surface area contributed by atoms with Gasteiger partial charge in [0.1, 0.15) is 5.82 Å². The van der Waals surface area contributed by atoms with Crippen LogP contribution in [0.3, 0.4) is 0 Å².